The molecule has 1 aliphatic rings. The molecule has 10 heteroatoms. The van der Waals surface area contributed by atoms with Crippen LogP contribution in [0.2, 0.25) is 51.9 Å². The number of carbonyl (C=O) groups is 2. The van der Waals surface area contributed by atoms with Gasteiger partial charge in [-0.3, -0.25) is 0 Å². The molecule has 0 N–H and O–H groups in total. The third-order valence-corrected chi connectivity index (χ3v) is 13.5. The van der Waals surface area contributed by atoms with Crippen LogP contribution in [0.1, 0.15) is 20.3 Å². The average Bonchev–Trinajstić information content (AvgIpc) is 2.44. The summed E-state index contributed by atoms with van der Waals surface area (Å²) in [4.78, 5) is 25.9. The van der Waals surface area contributed by atoms with Gasteiger partial charge in [-0.2, -0.15) is 0 Å². The summed E-state index contributed by atoms with van der Waals surface area (Å²) >= 11 is 0. The van der Waals surface area contributed by atoms with E-state index in [0.717, 1.165) is 19.0 Å². The van der Waals surface area contributed by atoms with Crippen LogP contribution in [0, 0.1) is 0 Å². The quantitative estimate of drug-likeness (QED) is 0.202. The molecule has 0 unspecified atom stereocenters. The molecule has 0 saturated carbocycles. The number of hydrogen-bond acceptors (Lipinski definition) is 7. The largest absolute Gasteiger partial charge is 0.437 e. The second kappa shape index (κ2) is 9.94. The maximum Gasteiger partial charge on any atom is 0.348 e. The Kier molecular flexibility index (Phi) is 8.89. The lowest BCUT2D eigenvalue weighted by Gasteiger charge is -2.38. The third kappa shape index (κ3) is 10.2. The van der Waals surface area contributed by atoms with Crippen LogP contribution in [-0.2, 0) is 27.3 Å². The molecule has 0 atom stereocenters. The van der Waals surface area contributed by atoms with Crippen molar-refractivity contribution in [2.45, 2.75) is 77.9 Å². The van der Waals surface area contributed by atoms with Crippen LogP contribution in [0.25, 0.3) is 0 Å². The van der Waals surface area contributed by atoms with Gasteiger partial charge in [-0.1, -0.05) is 0 Å². The zero-order chi connectivity index (χ0) is 23.4. The molecule has 30 heavy (non-hydrogen) atoms. The van der Waals surface area contributed by atoms with E-state index in [2.05, 4.69) is 45.8 Å². The fourth-order valence-electron chi connectivity index (χ4n) is 3.23. The first-order chi connectivity index (χ1) is 13.4. The van der Waals surface area contributed by atoms with Gasteiger partial charge in [0.05, 0.1) is 0 Å². The molecule has 0 aliphatic carbocycles. The van der Waals surface area contributed by atoms with Crippen molar-refractivity contribution in [3.05, 3.63) is 23.9 Å². The molecule has 1 aliphatic heterocycles. The summed E-state index contributed by atoms with van der Waals surface area (Å²) in [5.41, 5.74) is -0.106. The fourth-order valence-corrected chi connectivity index (χ4v) is 15.7. The molecule has 1 fully saturated rings. The molecule has 1 saturated heterocycles. The van der Waals surface area contributed by atoms with E-state index in [1.54, 1.807) is 6.08 Å². The normalized spacial score (nSPS) is 17.7. The molecule has 0 bridgehead atoms. The summed E-state index contributed by atoms with van der Waals surface area (Å²) in [5, 5.41) is 0. The number of carbonyl (C=O) groups excluding carboxylic acids is 2. The summed E-state index contributed by atoms with van der Waals surface area (Å²) < 4.78 is 23.2. The van der Waals surface area contributed by atoms with E-state index >= 15 is 0 Å². The lowest BCUT2D eigenvalue weighted by molar-refractivity contribution is -0.222. The average molecular weight is 474 g/mol. The van der Waals surface area contributed by atoms with Crippen LogP contribution in [-0.4, -0.2) is 61.4 Å². The Bertz CT molecular complexity index is 654. The topological polar surface area (TPSA) is 74.3 Å². The smallest absolute Gasteiger partial charge is 0.348 e. The summed E-state index contributed by atoms with van der Waals surface area (Å²) in [6.07, 6.45) is 5.85. The van der Waals surface area contributed by atoms with Gasteiger partial charge in [0.2, 0.25) is 0 Å². The van der Waals surface area contributed by atoms with Crippen molar-refractivity contribution in [2.24, 2.45) is 0 Å². The minimum atomic E-state index is -2.24. The van der Waals surface area contributed by atoms with E-state index in [-0.39, 0.29) is 5.57 Å². The second-order valence-electron chi connectivity index (χ2n) is 10.2. The molecule has 0 spiro atoms. The molecule has 1 rings (SSSR count). The molecule has 172 valence electrons. The third-order valence-electron chi connectivity index (χ3n) is 3.91. The van der Waals surface area contributed by atoms with Crippen molar-refractivity contribution in [2.75, 3.05) is 13.6 Å². The van der Waals surface area contributed by atoms with E-state index in [0.29, 0.717) is 0 Å². The lowest BCUT2D eigenvalue weighted by Crippen LogP contribution is -2.52. The standard InChI is InChI=1S/C20H39NO6Si3/c1-20(2)24-18(22)17(19(23)25-20)13-11-14-21(3)15-12-16-30(10,26-28(4,5)6)27-29(7,8)9/h11,13-14H,12,15-16H2,1-10H3. The first-order valence-corrected chi connectivity index (χ1v) is 19.7. The number of hydrogen-bond donors (Lipinski definition) is 0. The second-order valence-corrected chi connectivity index (χ2v) is 23.1. The van der Waals surface area contributed by atoms with E-state index in [1.807, 2.05) is 18.1 Å². The Morgan fingerprint density at radius 3 is 1.83 bits per heavy atom. The van der Waals surface area contributed by atoms with Crippen molar-refractivity contribution in [3.8, 4) is 0 Å². The first kappa shape index (κ1) is 26.8. The molecule has 0 aromatic rings. The van der Waals surface area contributed by atoms with Crippen molar-refractivity contribution >= 4 is 37.1 Å². The van der Waals surface area contributed by atoms with Crippen LogP contribution < -0.4 is 0 Å². The maximum atomic E-state index is 12.0. The molecule has 0 radical (unpaired) electrons. The summed E-state index contributed by atoms with van der Waals surface area (Å²) in [7, 11) is -3.68. The minimum Gasteiger partial charge on any atom is -0.437 e. The summed E-state index contributed by atoms with van der Waals surface area (Å²) in [5.74, 6) is -2.56. The maximum absolute atomic E-state index is 12.0. The van der Waals surface area contributed by atoms with E-state index in [1.165, 1.54) is 19.9 Å². The highest BCUT2D eigenvalue weighted by atomic mass is 28.5. The van der Waals surface area contributed by atoms with Gasteiger partial charge in [0.25, 0.3) is 5.79 Å². The van der Waals surface area contributed by atoms with E-state index in [9.17, 15) is 9.59 Å². The Balaban J connectivity index is 2.65. The number of esters is 2. The zero-order valence-corrected chi connectivity index (χ0v) is 23.3. The monoisotopic (exact) mass is 473 g/mol. The van der Waals surface area contributed by atoms with E-state index < -0.39 is 42.9 Å². The Morgan fingerprint density at radius 1 is 0.933 bits per heavy atom. The van der Waals surface area contributed by atoms with Crippen molar-refractivity contribution < 1.29 is 27.3 Å². The molecule has 1 heterocycles. The van der Waals surface area contributed by atoms with Crippen LogP contribution >= 0.6 is 0 Å². The van der Waals surface area contributed by atoms with Gasteiger partial charge in [-0.25, -0.2) is 9.59 Å². The van der Waals surface area contributed by atoms with Gasteiger partial charge in [0.1, 0.15) is 5.57 Å². The van der Waals surface area contributed by atoms with Crippen molar-refractivity contribution in [1.29, 1.82) is 0 Å². The fraction of sp³-hybridized carbons (Fsp3) is 0.700. The van der Waals surface area contributed by atoms with Crippen LogP contribution in [0.5, 0.6) is 0 Å². The number of nitrogens with zero attached hydrogens (tertiary/aromatic N) is 1. The summed E-state index contributed by atoms with van der Waals surface area (Å²) in [6.45, 7) is 19.3. The van der Waals surface area contributed by atoms with Gasteiger partial charge in [-0.15, -0.1) is 0 Å². The molecular formula is C20H39NO6Si3. The predicted octanol–water partition coefficient (Wildman–Crippen LogP) is 4.36. The van der Waals surface area contributed by atoms with Gasteiger partial charge < -0.3 is 22.6 Å². The number of cyclic esters (lactones) is 2. The molecular weight excluding hydrogens is 434 g/mol. The molecule has 0 aromatic carbocycles. The molecule has 0 aromatic heterocycles. The lowest BCUT2D eigenvalue weighted by atomic mass is 10.2. The van der Waals surface area contributed by atoms with Crippen LogP contribution in [0.15, 0.2) is 23.9 Å². The first-order valence-electron chi connectivity index (χ1n) is 10.4. The van der Waals surface area contributed by atoms with Crippen LogP contribution in [0.4, 0.5) is 0 Å². The minimum absolute atomic E-state index is 0.106. The van der Waals surface area contributed by atoms with Gasteiger partial charge in [0.15, 0.2) is 16.6 Å². The number of rotatable bonds is 10. The Hall–Kier alpha value is -1.21. The molecule has 0 amide bonds. The van der Waals surface area contributed by atoms with Gasteiger partial charge in [0, 0.05) is 27.4 Å². The number of allylic oxidation sites excluding steroid dienone is 2. The molecule has 7 nitrogen and oxygen atoms in total. The highest BCUT2D eigenvalue weighted by Gasteiger charge is 2.40. The zero-order valence-electron chi connectivity index (χ0n) is 20.3. The summed E-state index contributed by atoms with van der Waals surface area (Å²) in [6, 6.07) is 0.925. The van der Waals surface area contributed by atoms with Crippen molar-refractivity contribution in [3.63, 3.8) is 0 Å². The number of ether oxygens (including phenoxy) is 2. The predicted molar refractivity (Wildman–Crippen MR) is 126 cm³/mol. The Labute approximate surface area is 184 Å². The van der Waals surface area contributed by atoms with Crippen LogP contribution in [0.3, 0.4) is 0 Å². The van der Waals surface area contributed by atoms with Gasteiger partial charge in [-0.05, 0) is 76.6 Å². The highest BCUT2D eigenvalue weighted by molar-refractivity contribution is 6.87. The van der Waals surface area contributed by atoms with Gasteiger partial charge >= 0.3 is 20.5 Å². The van der Waals surface area contributed by atoms with E-state index in [4.69, 9.17) is 17.7 Å². The highest BCUT2D eigenvalue weighted by Crippen LogP contribution is 2.26. The van der Waals surface area contributed by atoms with Crippen molar-refractivity contribution in [1.82, 2.24) is 4.90 Å². The Morgan fingerprint density at radius 2 is 1.40 bits per heavy atom. The SMILES string of the molecule is CN(C=CC=C1C(=O)OC(C)(C)OC1=O)CCC[Si](C)(O[Si](C)(C)C)O[Si](C)(C)C.